The van der Waals surface area contributed by atoms with Crippen molar-refractivity contribution in [3.8, 4) is 0 Å². The van der Waals surface area contributed by atoms with E-state index in [2.05, 4.69) is 4.72 Å². The molecule has 1 N–H and O–H groups in total. The molecule has 0 aliphatic rings. The molecule has 100 valence electrons. The number of anilines is 1. The number of hydrogen-bond acceptors (Lipinski definition) is 2. The topological polar surface area (TPSA) is 46.2 Å². The van der Waals surface area contributed by atoms with Crippen molar-refractivity contribution in [2.45, 2.75) is 17.7 Å². The summed E-state index contributed by atoms with van der Waals surface area (Å²) < 4.78 is 27.0. The van der Waals surface area contributed by atoms with E-state index in [4.69, 9.17) is 11.6 Å². The lowest BCUT2D eigenvalue weighted by Crippen LogP contribution is -2.14. The molecule has 0 atom stereocenters. The van der Waals surface area contributed by atoms with Gasteiger partial charge in [-0.3, -0.25) is 4.72 Å². The van der Waals surface area contributed by atoms with Gasteiger partial charge in [0.15, 0.2) is 0 Å². The highest BCUT2D eigenvalue weighted by Gasteiger charge is 2.15. The van der Waals surface area contributed by atoms with Gasteiger partial charge < -0.3 is 0 Å². The van der Waals surface area contributed by atoms with Gasteiger partial charge in [0.05, 0.1) is 10.6 Å². The maximum atomic E-state index is 12.2. The van der Waals surface area contributed by atoms with Crippen molar-refractivity contribution in [1.29, 1.82) is 0 Å². The summed E-state index contributed by atoms with van der Waals surface area (Å²) in [5.41, 5.74) is 2.28. The third kappa shape index (κ3) is 3.28. The van der Waals surface area contributed by atoms with E-state index in [1.54, 1.807) is 42.5 Å². The van der Waals surface area contributed by atoms with Crippen molar-refractivity contribution in [3.63, 3.8) is 0 Å². The highest BCUT2D eigenvalue weighted by Crippen LogP contribution is 2.21. The number of benzene rings is 2. The lowest BCUT2D eigenvalue weighted by Gasteiger charge is -2.11. The molecule has 0 aliphatic carbocycles. The quantitative estimate of drug-likeness (QED) is 0.877. The lowest BCUT2D eigenvalue weighted by atomic mass is 10.2. The number of rotatable bonds is 4. The first-order valence-electron chi connectivity index (χ1n) is 5.76. The summed E-state index contributed by atoms with van der Waals surface area (Å²) in [4.78, 5) is 0.238. The molecular weight excluding hydrogens is 282 g/mol. The van der Waals surface area contributed by atoms with Crippen molar-refractivity contribution in [2.75, 3.05) is 4.72 Å². The van der Waals surface area contributed by atoms with Gasteiger partial charge in [-0.1, -0.05) is 35.9 Å². The molecule has 0 unspecified atom stereocenters. The Balaban J connectivity index is 2.34. The van der Waals surface area contributed by atoms with Crippen LogP contribution in [0.4, 0.5) is 5.69 Å². The SMILES string of the molecule is Cc1ccc(S(=O)(=O)Nc2ccccc2CCl)cc1. The van der Waals surface area contributed by atoms with Crippen LogP contribution in [-0.2, 0) is 15.9 Å². The number of nitrogens with one attached hydrogen (secondary N) is 1. The minimum Gasteiger partial charge on any atom is -0.279 e. The third-order valence-electron chi connectivity index (χ3n) is 2.74. The summed E-state index contributed by atoms with van der Waals surface area (Å²) in [6.07, 6.45) is 0. The predicted octanol–water partition coefficient (Wildman–Crippen LogP) is 3.53. The van der Waals surface area contributed by atoms with E-state index in [1.165, 1.54) is 0 Å². The van der Waals surface area contributed by atoms with E-state index in [1.807, 2.05) is 13.0 Å². The molecule has 0 spiro atoms. The number of para-hydroxylation sites is 1. The molecule has 0 fully saturated rings. The van der Waals surface area contributed by atoms with Crippen LogP contribution in [-0.4, -0.2) is 8.42 Å². The molecule has 0 amide bonds. The molecule has 5 heteroatoms. The molecule has 3 nitrogen and oxygen atoms in total. The van der Waals surface area contributed by atoms with E-state index in [0.717, 1.165) is 11.1 Å². The van der Waals surface area contributed by atoms with Crippen molar-refractivity contribution >= 4 is 27.3 Å². The molecule has 0 aliphatic heterocycles. The van der Waals surface area contributed by atoms with Gasteiger partial charge in [-0.2, -0.15) is 0 Å². The maximum absolute atomic E-state index is 12.2. The smallest absolute Gasteiger partial charge is 0.261 e. The Hall–Kier alpha value is -1.52. The van der Waals surface area contributed by atoms with Crippen LogP contribution in [0.2, 0.25) is 0 Å². The zero-order valence-electron chi connectivity index (χ0n) is 10.4. The fourth-order valence-electron chi connectivity index (χ4n) is 1.66. The van der Waals surface area contributed by atoms with Crippen molar-refractivity contribution in [2.24, 2.45) is 0 Å². The molecule has 19 heavy (non-hydrogen) atoms. The standard InChI is InChI=1S/C14H14ClNO2S/c1-11-6-8-13(9-7-11)19(17,18)16-14-5-3-2-4-12(14)10-15/h2-9,16H,10H2,1H3. The molecule has 0 heterocycles. The van der Waals surface area contributed by atoms with Gasteiger partial charge >= 0.3 is 0 Å². The number of alkyl halides is 1. The average molecular weight is 296 g/mol. The van der Waals surface area contributed by atoms with E-state index in [9.17, 15) is 8.42 Å². The molecule has 0 radical (unpaired) electrons. The Labute approximate surface area is 118 Å². The first kappa shape index (κ1) is 13.9. The summed E-state index contributed by atoms with van der Waals surface area (Å²) in [6.45, 7) is 1.91. The number of hydrogen-bond donors (Lipinski definition) is 1. The van der Waals surface area contributed by atoms with Crippen molar-refractivity contribution in [1.82, 2.24) is 0 Å². The zero-order valence-corrected chi connectivity index (χ0v) is 12.0. The predicted molar refractivity (Wildman–Crippen MR) is 78.0 cm³/mol. The van der Waals surface area contributed by atoms with Gasteiger partial charge in [0, 0.05) is 5.88 Å². The van der Waals surface area contributed by atoms with Gasteiger partial charge in [-0.25, -0.2) is 8.42 Å². The second-order valence-corrected chi connectivity index (χ2v) is 6.16. The van der Waals surface area contributed by atoms with Gasteiger partial charge in [-0.05, 0) is 30.7 Å². The third-order valence-corrected chi connectivity index (χ3v) is 4.41. The lowest BCUT2D eigenvalue weighted by molar-refractivity contribution is 0.601. The van der Waals surface area contributed by atoms with E-state index < -0.39 is 10.0 Å². The summed E-state index contributed by atoms with van der Waals surface area (Å²) >= 11 is 5.79. The molecule has 0 aromatic heterocycles. The van der Waals surface area contributed by atoms with E-state index >= 15 is 0 Å². The Morgan fingerprint density at radius 1 is 1.05 bits per heavy atom. The highest BCUT2D eigenvalue weighted by molar-refractivity contribution is 7.92. The first-order valence-corrected chi connectivity index (χ1v) is 7.78. The molecule has 0 saturated carbocycles. The number of halogens is 1. The molecule has 2 rings (SSSR count). The number of sulfonamides is 1. The van der Waals surface area contributed by atoms with Crippen LogP contribution in [0.3, 0.4) is 0 Å². The van der Waals surface area contributed by atoms with Crippen LogP contribution in [0.1, 0.15) is 11.1 Å². The Morgan fingerprint density at radius 2 is 1.68 bits per heavy atom. The Morgan fingerprint density at radius 3 is 2.32 bits per heavy atom. The molecule has 0 bridgehead atoms. The van der Waals surface area contributed by atoms with Crippen LogP contribution in [0, 0.1) is 6.92 Å². The average Bonchev–Trinajstić information content (AvgIpc) is 2.39. The van der Waals surface area contributed by atoms with E-state index in [-0.39, 0.29) is 10.8 Å². The molecule has 0 saturated heterocycles. The van der Waals surface area contributed by atoms with Gasteiger partial charge in [0.2, 0.25) is 0 Å². The van der Waals surface area contributed by atoms with Crippen molar-refractivity contribution in [3.05, 3.63) is 59.7 Å². The minimum atomic E-state index is -3.57. The zero-order chi connectivity index (χ0) is 13.9. The molecule has 2 aromatic rings. The minimum absolute atomic E-state index is 0.238. The summed E-state index contributed by atoms with van der Waals surface area (Å²) in [5.74, 6) is 0.257. The normalized spacial score (nSPS) is 11.3. The highest BCUT2D eigenvalue weighted by atomic mass is 35.5. The van der Waals surface area contributed by atoms with Crippen LogP contribution >= 0.6 is 11.6 Å². The second kappa shape index (κ2) is 5.63. The van der Waals surface area contributed by atoms with Crippen LogP contribution in [0.5, 0.6) is 0 Å². The van der Waals surface area contributed by atoms with Gasteiger partial charge in [0.1, 0.15) is 0 Å². The van der Waals surface area contributed by atoms with Crippen molar-refractivity contribution < 1.29 is 8.42 Å². The fraction of sp³-hybridized carbons (Fsp3) is 0.143. The maximum Gasteiger partial charge on any atom is 0.261 e. The largest absolute Gasteiger partial charge is 0.279 e. The van der Waals surface area contributed by atoms with Gasteiger partial charge in [-0.15, -0.1) is 11.6 Å². The van der Waals surface area contributed by atoms with Crippen LogP contribution < -0.4 is 4.72 Å². The van der Waals surface area contributed by atoms with Crippen LogP contribution in [0.25, 0.3) is 0 Å². The van der Waals surface area contributed by atoms with E-state index in [0.29, 0.717) is 5.69 Å². The summed E-state index contributed by atoms with van der Waals surface area (Å²) in [6, 6.07) is 13.8. The Bertz CT molecular complexity index is 666. The molecular formula is C14H14ClNO2S. The first-order chi connectivity index (χ1) is 9.03. The Kier molecular flexibility index (Phi) is 4.12. The van der Waals surface area contributed by atoms with Crippen LogP contribution in [0.15, 0.2) is 53.4 Å². The monoisotopic (exact) mass is 295 g/mol. The second-order valence-electron chi connectivity index (χ2n) is 4.21. The van der Waals surface area contributed by atoms with Gasteiger partial charge in [0.25, 0.3) is 10.0 Å². The number of aryl methyl sites for hydroxylation is 1. The fourth-order valence-corrected chi connectivity index (χ4v) is 2.99. The molecule has 2 aromatic carbocycles. The summed E-state index contributed by atoms with van der Waals surface area (Å²) in [7, 11) is -3.57. The summed E-state index contributed by atoms with van der Waals surface area (Å²) in [5, 5.41) is 0.